The van der Waals surface area contributed by atoms with Crippen LogP contribution in [0.5, 0.6) is 0 Å². The summed E-state index contributed by atoms with van der Waals surface area (Å²) >= 11 is 12.3. The number of nitriles is 2. The summed E-state index contributed by atoms with van der Waals surface area (Å²) in [4.78, 5) is 0. The molecule has 0 aromatic heterocycles. The Labute approximate surface area is 106 Å². The monoisotopic (exact) mass is 260 g/mol. The number of hydrogen-bond donors (Lipinski definition) is 1. The molecular weight excluding hydrogens is 247 g/mol. The Kier molecular flexibility index (Phi) is 4.33. The molecule has 0 spiro atoms. The molecule has 0 aromatic rings. The molecule has 0 aliphatic rings. The van der Waals surface area contributed by atoms with Crippen LogP contribution in [0.1, 0.15) is 27.7 Å². The van der Waals surface area contributed by atoms with E-state index in [1.54, 1.807) is 27.7 Å². The van der Waals surface area contributed by atoms with E-state index in [1.165, 1.54) is 0 Å². The van der Waals surface area contributed by atoms with Crippen molar-refractivity contribution in [2.75, 3.05) is 0 Å². The standard InChI is InChI=1S/C10H14Cl2N4/c1-8(2,5-13)7(16-15)10(11,12)9(3,4)6-14/h7,15H,1-4H3. The Morgan fingerprint density at radius 1 is 1.12 bits per heavy atom. The zero-order chi connectivity index (χ0) is 13.2. The lowest BCUT2D eigenvalue weighted by atomic mass is 9.75. The maximum absolute atomic E-state index is 9.01. The predicted molar refractivity (Wildman–Crippen MR) is 62.2 cm³/mol. The van der Waals surface area contributed by atoms with E-state index in [2.05, 4.69) is 5.11 Å². The number of halogens is 2. The summed E-state index contributed by atoms with van der Waals surface area (Å²) in [6.45, 7) is 6.28. The number of rotatable bonds is 4. The van der Waals surface area contributed by atoms with Gasteiger partial charge in [0, 0.05) is 0 Å². The van der Waals surface area contributed by atoms with Crippen LogP contribution in [0, 0.1) is 39.0 Å². The van der Waals surface area contributed by atoms with Gasteiger partial charge in [0.1, 0.15) is 6.04 Å². The fraction of sp³-hybridized carbons (Fsp3) is 0.800. The van der Waals surface area contributed by atoms with Crippen molar-refractivity contribution in [2.45, 2.75) is 38.1 Å². The molecule has 1 N–H and O–H groups in total. The van der Waals surface area contributed by atoms with Crippen molar-refractivity contribution in [1.82, 2.24) is 0 Å². The maximum Gasteiger partial charge on any atom is 0.161 e. The lowest BCUT2D eigenvalue weighted by molar-refractivity contribution is 0.262. The van der Waals surface area contributed by atoms with Crippen molar-refractivity contribution in [2.24, 2.45) is 15.9 Å². The van der Waals surface area contributed by atoms with Gasteiger partial charge in [0.05, 0.1) is 23.0 Å². The van der Waals surface area contributed by atoms with Crippen LogP contribution in [-0.4, -0.2) is 10.4 Å². The molecule has 88 valence electrons. The largest absolute Gasteiger partial charge is 0.209 e. The van der Waals surface area contributed by atoms with Crippen molar-refractivity contribution in [1.29, 1.82) is 16.1 Å². The van der Waals surface area contributed by atoms with Crippen molar-refractivity contribution < 1.29 is 0 Å². The van der Waals surface area contributed by atoms with E-state index >= 15 is 0 Å². The van der Waals surface area contributed by atoms with E-state index in [0.717, 1.165) is 0 Å². The third-order valence-electron chi connectivity index (χ3n) is 2.56. The van der Waals surface area contributed by atoms with E-state index < -0.39 is 21.2 Å². The zero-order valence-corrected chi connectivity index (χ0v) is 11.2. The van der Waals surface area contributed by atoms with Crippen LogP contribution >= 0.6 is 23.2 Å². The molecule has 0 amide bonds. The van der Waals surface area contributed by atoms with Crippen LogP contribution in [0.2, 0.25) is 0 Å². The van der Waals surface area contributed by atoms with Crippen molar-refractivity contribution in [3.63, 3.8) is 0 Å². The molecule has 6 heteroatoms. The molecule has 0 bridgehead atoms. The van der Waals surface area contributed by atoms with Crippen LogP contribution in [0.3, 0.4) is 0 Å². The van der Waals surface area contributed by atoms with Gasteiger partial charge in [0.2, 0.25) is 0 Å². The van der Waals surface area contributed by atoms with Gasteiger partial charge in [-0.15, -0.1) is 0 Å². The molecule has 0 saturated carbocycles. The highest BCUT2D eigenvalue weighted by Crippen LogP contribution is 2.49. The minimum Gasteiger partial charge on any atom is -0.209 e. The van der Waals surface area contributed by atoms with Gasteiger partial charge < -0.3 is 0 Å². The summed E-state index contributed by atoms with van der Waals surface area (Å²) in [5.41, 5.74) is 5.00. The lowest BCUT2D eigenvalue weighted by Crippen LogP contribution is -2.49. The van der Waals surface area contributed by atoms with Crippen LogP contribution in [0.25, 0.3) is 0 Å². The first-order valence-corrected chi connectivity index (χ1v) is 5.39. The van der Waals surface area contributed by atoms with Crippen LogP contribution in [-0.2, 0) is 0 Å². The highest BCUT2D eigenvalue weighted by molar-refractivity contribution is 6.49. The summed E-state index contributed by atoms with van der Waals surface area (Å²) in [7, 11) is 0. The fourth-order valence-corrected chi connectivity index (χ4v) is 1.90. The second-order valence-corrected chi connectivity index (χ2v) is 6.11. The molecule has 4 nitrogen and oxygen atoms in total. The van der Waals surface area contributed by atoms with Gasteiger partial charge in [-0.05, 0) is 27.7 Å². The quantitative estimate of drug-likeness (QED) is 0.618. The van der Waals surface area contributed by atoms with Crippen molar-refractivity contribution in [3.8, 4) is 12.1 Å². The van der Waals surface area contributed by atoms with Crippen molar-refractivity contribution >= 4 is 23.2 Å². The number of alkyl halides is 2. The second-order valence-electron chi connectivity index (χ2n) is 4.72. The predicted octanol–water partition coefficient (Wildman–Crippen LogP) is 3.66. The smallest absolute Gasteiger partial charge is 0.161 e. The summed E-state index contributed by atoms with van der Waals surface area (Å²) < 4.78 is -1.59. The fourth-order valence-electron chi connectivity index (χ4n) is 1.17. The van der Waals surface area contributed by atoms with E-state index in [9.17, 15) is 0 Å². The third kappa shape index (κ3) is 2.45. The van der Waals surface area contributed by atoms with Crippen LogP contribution in [0.4, 0.5) is 0 Å². The van der Waals surface area contributed by atoms with Gasteiger partial charge in [-0.2, -0.15) is 15.6 Å². The minimum absolute atomic E-state index is 0.969. The Hall–Kier alpha value is -0.840. The van der Waals surface area contributed by atoms with Gasteiger partial charge in [-0.3, -0.25) is 0 Å². The minimum atomic E-state index is -1.59. The first kappa shape index (κ1) is 15.2. The van der Waals surface area contributed by atoms with Crippen LogP contribution < -0.4 is 0 Å². The van der Waals surface area contributed by atoms with E-state index in [0.29, 0.717) is 0 Å². The highest BCUT2D eigenvalue weighted by Gasteiger charge is 2.54. The van der Waals surface area contributed by atoms with Crippen LogP contribution in [0.15, 0.2) is 5.11 Å². The normalized spacial score (nSPS) is 14.8. The first-order chi connectivity index (χ1) is 7.06. The maximum atomic E-state index is 9.01. The summed E-state index contributed by atoms with van der Waals surface area (Å²) in [6.07, 6.45) is 0. The lowest BCUT2D eigenvalue weighted by Gasteiger charge is -2.39. The Morgan fingerprint density at radius 2 is 1.56 bits per heavy atom. The Morgan fingerprint density at radius 3 is 1.81 bits per heavy atom. The third-order valence-corrected chi connectivity index (χ3v) is 3.92. The summed E-state index contributed by atoms with van der Waals surface area (Å²) in [6, 6.07) is 3.01. The second kappa shape index (κ2) is 4.57. The number of nitrogens with zero attached hydrogens (tertiary/aromatic N) is 3. The molecule has 0 rings (SSSR count). The van der Waals surface area contributed by atoms with Gasteiger partial charge in [0.25, 0.3) is 0 Å². The molecule has 0 saturated heterocycles. The molecule has 0 aromatic carbocycles. The van der Waals surface area contributed by atoms with Gasteiger partial charge in [-0.1, -0.05) is 23.2 Å². The molecule has 1 atom stereocenters. The molecule has 0 fully saturated rings. The Bertz CT molecular complexity index is 360. The first-order valence-electron chi connectivity index (χ1n) is 4.63. The molecule has 0 radical (unpaired) electrons. The van der Waals surface area contributed by atoms with E-state index in [4.69, 9.17) is 39.3 Å². The topological polar surface area (TPSA) is 83.8 Å². The SMILES string of the molecule is CC(C)(C#N)C(N=N)C(Cl)(Cl)C(C)(C)C#N. The average Bonchev–Trinajstić information content (AvgIpc) is 2.17. The average molecular weight is 261 g/mol. The molecule has 16 heavy (non-hydrogen) atoms. The van der Waals surface area contributed by atoms with Gasteiger partial charge in [0.15, 0.2) is 4.33 Å². The molecule has 0 heterocycles. The highest BCUT2D eigenvalue weighted by atomic mass is 35.5. The Balaban J connectivity index is 5.55. The van der Waals surface area contributed by atoms with Gasteiger partial charge >= 0.3 is 0 Å². The number of hydrogen-bond acceptors (Lipinski definition) is 4. The van der Waals surface area contributed by atoms with E-state index in [1.807, 2.05) is 12.1 Å². The summed E-state index contributed by atoms with van der Waals surface area (Å²) in [5, 5.41) is 21.3. The summed E-state index contributed by atoms with van der Waals surface area (Å²) in [5.74, 6) is 0. The number of nitrogens with one attached hydrogen (secondary N) is 1. The van der Waals surface area contributed by atoms with Gasteiger partial charge in [-0.25, -0.2) is 5.53 Å². The molecule has 0 aliphatic carbocycles. The van der Waals surface area contributed by atoms with E-state index in [-0.39, 0.29) is 0 Å². The molecule has 0 aliphatic heterocycles. The molecular formula is C10H14Cl2N4. The van der Waals surface area contributed by atoms with Crippen molar-refractivity contribution in [3.05, 3.63) is 0 Å². The zero-order valence-electron chi connectivity index (χ0n) is 9.67. The molecule has 1 unspecified atom stereocenters.